The van der Waals surface area contributed by atoms with Crippen molar-refractivity contribution in [3.63, 3.8) is 0 Å². The van der Waals surface area contributed by atoms with E-state index < -0.39 is 17.9 Å². The minimum absolute atomic E-state index is 0.0438. The number of alkyl halides is 1. The van der Waals surface area contributed by atoms with E-state index in [0.717, 1.165) is 4.68 Å². The van der Waals surface area contributed by atoms with E-state index in [0.29, 0.717) is 6.54 Å². The van der Waals surface area contributed by atoms with Crippen LogP contribution in [0, 0.1) is 0 Å². The number of esters is 1. The number of halogens is 1. The molecule has 116 valence electrons. The minimum atomic E-state index is -0.663. The number of hydrogen-bond donors (Lipinski definition) is 2. The van der Waals surface area contributed by atoms with Gasteiger partial charge in [-0.2, -0.15) is 0 Å². The molecule has 0 radical (unpaired) electrons. The molecular formula is C11H16ClN5O4. The summed E-state index contributed by atoms with van der Waals surface area (Å²) in [5.41, 5.74) is 0.207. The summed E-state index contributed by atoms with van der Waals surface area (Å²) in [4.78, 5) is 34.5. The first-order valence-corrected chi connectivity index (χ1v) is 6.80. The van der Waals surface area contributed by atoms with Crippen molar-refractivity contribution in [2.45, 2.75) is 26.3 Å². The standard InChI is InChI=1S/C11H16ClN5O4/c1-3-13-11(20)14-8(18)6-17-7(5-12)9(15-16-17)10(19)21-4-2/h3-6H2,1-2H3,(H2,13,14,18,20). The van der Waals surface area contributed by atoms with Crippen LogP contribution in [0.3, 0.4) is 0 Å². The molecule has 1 aromatic heterocycles. The first-order valence-electron chi connectivity index (χ1n) is 6.26. The van der Waals surface area contributed by atoms with Crippen molar-refractivity contribution in [2.24, 2.45) is 0 Å². The van der Waals surface area contributed by atoms with Crippen LogP contribution in [0.15, 0.2) is 0 Å². The molecule has 0 aliphatic carbocycles. The lowest BCUT2D eigenvalue weighted by atomic mass is 10.3. The molecule has 0 spiro atoms. The first kappa shape index (κ1) is 16.9. The summed E-state index contributed by atoms with van der Waals surface area (Å²) in [6.07, 6.45) is 0. The van der Waals surface area contributed by atoms with E-state index in [2.05, 4.69) is 20.9 Å². The third-order valence-electron chi connectivity index (χ3n) is 2.32. The Hall–Kier alpha value is -2.16. The predicted molar refractivity (Wildman–Crippen MR) is 72.8 cm³/mol. The number of rotatable bonds is 6. The molecule has 0 aliphatic rings. The van der Waals surface area contributed by atoms with Crippen molar-refractivity contribution in [2.75, 3.05) is 13.2 Å². The Morgan fingerprint density at radius 2 is 2.05 bits per heavy atom. The second-order valence-electron chi connectivity index (χ2n) is 3.80. The largest absolute Gasteiger partial charge is 0.461 e. The fourth-order valence-electron chi connectivity index (χ4n) is 1.46. The Labute approximate surface area is 126 Å². The zero-order valence-corrected chi connectivity index (χ0v) is 12.4. The molecule has 9 nitrogen and oxygen atoms in total. The van der Waals surface area contributed by atoms with Gasteiger partial charge in [-0.05, 0) is 13.8 Å². The molecule has 0 aliphatic heterocycles. The molecule has 1 heterocycles. The highest BCUT2D eigenvalue weighted by atomic mass is 35.5. The van der Waals surface area contributed by atoms with Gasteiger partial charge in [-0.25, -0.2) is 14.3 Å². The van der Waals surface area contributed by atoms with Gasteiger partial charge in [0.15, 0.2) is 5.69 Å². The topological polar surface area (TPSA) is 115 Å². The number of urea groups is 1. The van der Waals surface area contributed by atoms with Crippen LogP contribution in [0.25, 0.3) is 0 Å². The number of ether oxygens (including phenoxy) is 1. The molecule has 10 heteroatoms. The number of carbonyl (C=O) groups excluding carboxylic acids is 3. The number of imide groups is 1. The molecule has 2 N–H and O–H groups in total. The maximum atomic E-state index is 11.7. The van der Waals surface area contributed by atoms with Gasteiger partial charge in [-0.15, -0.1) is 16.7 Å². The van der Waals surface area contributed by atoms with E-state index in [1.54, 1.807) is 13.8 Å². The smallest absolute Gasteiger partial charge is 0.360 e. The molecular weight excluding hydrogens is 302 g/mol. The van der Waals surface area contributed by atoms with Crippen LogP contribution in [0.4, 0.5) is 4.79 Å². The van der Waals surface area contributed by atoms with E-state index in [9.17, 15) is 14.4 Å². The van der Waals surface area contributed by atoms with Crippen molar-refractivity contribution < 1.29 is 19.1 Å². The second-order valence-corrected chi connectivity index (χ2v) is 4.07. The lowest BCUT2D eigenvalue weighted by Crippen LogP contribution is -2.41. The molecule has 1 aromatic rings. The van der Waals surface area contributed by atoms with Gasteiger partial charge in [0.05, 0.1) is 18.2 Å². The quantitative estimate of drug-likeness (QED) is 0.565. The maximum absolute atomic E-state index is 11.7. The summed E-state index contributed by atoms with van der Waals surface area (Å²) in [6.45, 7) is 3.67. The molecule has 1 rings (SSSR count). The summed E-state index contributed by atoms with van der Waals surface area (Å²) >= 11 is 5.74. The molecule has 0 aromatic carbocycles. The van der Waals surface area contributed by atoms with Crippen LogP contribution in [-0.4, -0.2) is 46.1 Å². The van der Waals surface area contributed by atoms with Gasteiger partial charge in [-0.3, -0.25) is 10.1 Å². The summed E-state index contributed by atoms with van der Waals surface area (Å²) in [7, 11) is 0. The number of aromatic nitrogens is 3. The zero-order chi connectivity index (χ0) is 15.8. The van der Waals surface area contributed by atoms with Gasteiger partial charge < -0.3 is 10.1 Å². The Morgan fingerprint density at radius 1 is 1.33 bits per heavy atom. The number of amides is 3. The van der Waals surface area contributed by atoms with Gasteiger partial charge >= 0.3 is 12.0 Å². The monoisotopic (exact) mass is 317 g/mol. The Kier molecular flexibility index (Phi) is 6.60. The zero-order valence-electron chi connectivity index (χ0n) is 11.7. The molecule has 0 saturated heterocycles. The third kappa shape index (κ3) is 4.71. The molecule has 0 unspecified atom stereocenters. The molecule has 0 bridgehead atoms. The van der Waals surface area contributed by atoms with Crippen LogP contribution in [0.5, 0.6) is 0 Å². The Bertz CT molecular complexity index is 531. The highest BCUT2D eigenvalue weighted by Crippen LogP contribution is 2.10. The van der Waals surface area contributed by atoms with Gasteiger partial charge in [-0.1, -0.05) is 5.21 Å². The van der Waals surface area contributed by atoms with Gasteiger partial charge in [0.25, 0.3) is 0 Å². The molecule has 3 amide bonds. The lowest BCUT2D eigenvalue weighted by Gasteiger charge is -2.06. The minimum Gasteiger partial charge on any atom is -0.461 e. The van der Waals surface area contributed by atoms with Crippen molar-refractivity contribution in [3.8, 4) is 0 Å². The third-order valence-corrected chi connectivity index (χ3v) is 2.57. The van der Waals surface area contributed by atoms with Gasteiger partial charge in [0.2, 0.25) is 5.91 Å². The van der Waals surface area contributed by atoms with Crippen LogP contribution in [0.2, 0.25) is 0 Å². The number of nitrogens with one attached hydrogen (secondary N) is 2. The van der Waals surface area contributed by atoms with Crippen LogP contribution >= 0.6 is 11.6 Å². The van der Waals surface area contributed by atoms with Gasteiger partial charge in [0, 0.05) is 6.54 Å². The van der Waals surface area contributed by atoms with E-state index in [1.165, 1.54) is 0 Å². The van der Waals surface area contributed by atoms with E-state index in [-0.39, 0.29) is 30.4 Å². The summed E-state index contributed by atoms with van der Waals surface area (Å²) in [6, 6.07) is -0.611. The van der Waals surface area contributed by atoms with Crippen LogP contribution < -0.4 is 10.6 Å². The van der Waals surface area contributed by atoms with E-state index >= 15 is 0 Å². The van der Waals surface area contributed by atoms with Crippen molar-refractivity contribution in [1.82, 2.24) is 25.6 Å². The van der Waals surface area contributed by atoms with Crippen LogP contribution in [0.1, 0.15) is 30.0 Å². The highest BCUT2D eigenvalue weighted by molar-refractivity contribution is 6.17. The molecule has 0 atom stereocenters. The average molecular weight is 318 g/mol. The van der Waals surface area contributed by atoms with Gasteiger partial charge in [0.1, 0.15) is 6.54 Å². The van der Waals surface area contributed by atoms with E-state index in [1.807, 2.05) is 0 Å². The van der Waals surface area contributed by atoms with Crippen molar-refractivity contribution in [1.29, 1.82) is 0 Å². The first-order chi connectivity index (χ1) is 10.0. The predicted octanol–water partition coefficient (Wildman–Crippen LogP) is 0.0393. The van der Waals surface area contributed by atoms with Crippen molar-refractivity contribution >= 4 is 29.5 Å². The normalized spacial score (nSPS) is 10.0. The Balaban J connectivity index is 2.78. The summed E-state index contributed by atoms with van der Waals surface area (Å²) < 4.78 is 5.95. The summed E-state index contributed by atoms with van der Waals surface area (Å²) in [5, 5.41) is 11.8. The number of hydrogen-bond acceptors (Lipinski definition) is 6. The lowest BCUT2D eigenvalue weighted by molar-refractivity contribution is -0.120. The summed E-state index contributed by atoms with van der Waals surface area (Å²) in [5.74, 6) is -1.34. The molecule has 0 fully saturated rings. The number of carbonyl (C=O) groups is 3. The second kappa shape index (κ2) is 8.20. The highest BCUT2D eigenvalue weighted by Gasteiger charge is 2.21. The van der Waals surface area contributed by atoms with E-state index in [4.69, 9.17) is 16.3 Å². The van der Waals surface area contributed by atoms with Crippen LogP contribution in [-0.2, 0) is 22.0 Å². The molecule has 21 heavy (non-hydrogen) atoms. The number of nitrogens with zero attached hydrogens (tertiary/aromatic N) is 3. The fourth-order valence-corrected chi connectivity index (χ4v) is 1.72. The molecule has 0 saturated carbocycles. The fraction of sp³-hybridized carbons (Fsp3) is 0.545. The Morgan fingerprint density at radius 3 is 2.62 bits per heavy atom. The van der Waals surface area contributed by atoms with Crippen molar-refractivity contribution in [3.05, 3.63) is 11.4 Å². The SMILES string of the molecule is CCNC(=O)NC(=O)Cn1nnc(C(=O)OCC)c1CCl. The maximum Gasteiger partial charge on any atom is 0.360 e. The average Bonchev–Trinajstić information content (AvgIpc) is 2.81.